The van der Waals surface area contributed by atoms with Gasteiger partial charge in [0.1, 0.15) is 0 Å². The average Bonchev–Trinajstić information content (AvgIpc) is 1.45. The Morgan fingerprint density at radius 1 is 0.222 bits per heavy atom. The third-order valence-corrected chi connectivity index (χ3v) is 19.8. The highest BCUT2D eigenvalue weighted by atomic mass is 14.8. The van der Waals surface area contributed by atoms with Crippen LogP contribution >= 0.6 is 0 Å². The standard InChI is InChI=1S/C88H156N2/c1-5-9-13-16-19-22-25-27-29-31-33-35-37-39-41-43-45-47-49-51-53-55-57-59-62-65-68-75-83-77-71-73-80-85(83)89-87(79-12-8-4)88(82-70-67-64-61-24-21-18-15-11-7-3)90-86-81-74-72-78-84(86)76-69-66-63-60-58-56-54-52-50-48-46-44-42-40-38-36-34-32-30-28-26-23-20-17-14-10-6-2/h62-63,65-66,71-74,77-78,80-81H,5-61,64,67-70,75-76,79,82H2,1-4H3/b65-62+,66-63+,89-87?,90-88?. The number of hydrogen-bond donors (Lipinski definition) is 0. The first kappa shape index (κ1) is 83.4. The van der Waals surface area contributed by atoms with Gasteiger partial charge in [-0.05, 0) is 100 Å². The van der Waals surface area contributed by atoms with E-state index in [1.807, 2.05) is 0 Å². The number of unbranched alkanes of at least 4 members (excludes halogenated alkanes) is 56. The SMILES string of the molecule is CCCCCCCCCCCCCCCCCCCCCCCCC/C=C/CCc1ccccc1N=C(CCCC)C(CCCCCCCCCCCC)=Nc1ccccc1CC/C=C/CCCCCCCCCCCCCCCCCCCCCCCCC. The molecular formula is C88H156N2. The molecule has 2 heteroatoms. The fraction of sp³-hybridized carbons (Fsp3) is 0.795. The second-order valence-electron chi connectivity index (χ2n) is 28.6. The predicted octanol–water partition coefficient (Wildman–Crippen LogP) is 31.8. The van der Waals surface area contributed by atoms with E-state index in [-0.39, 0.29) is 0 Å². The Bertz CT molecular complexity index is 1880. The topological polar surface area (TPSA) is 24.7 Å². The second kappa shape index (κ2) is 69.1. The van der Waals surface area contributed by atoms with Crippen molar-refractivity contribution in [3.63, 3.8) is 0 Å². The minimum atomic E-state index is 0.991. The average molecular weight is 1240 g/mol. The van der Waals surface area contributed by atoms with E-state index in [0.29, 0.717) is 0 Å². The summed E-state index contributed by atoms with van der Waals surface area (Å²) in [6, 6.07) is 18.1. The molecule has 518 valence electrons. The molecule has 0 spiro atoms. The van der Waals surface area contributed by atoms with Crippen molar-refractivity contribution in [2.24, 2.45) is 9.98 Å². The molecule has 0 saturated carbocycles. The first-order valence-electron chi connectivity index (χ1n) is 41.3. The van der Waals surface area contributed by atoms with Crippen molar-refractivity contribution in [3.8, 4) is 0 Å². The molecule has 0 aliphatic heterocycles. The molecule has 2 aromatic carbocycles. The molecule has 0 fully saturated rings. The molecule has 2 rings (SSSR count). The lowest BCUT2D eigenvalue weighted by Gasteiger charge is -2.14. The largest absolute Gasteiger partial charge is 0.251 e. The van der Waals surface area contributed by atoms with Crippen LogP contribution in [0.25, 0.3) is 0 Å². The van der Waals surface area contributed by atoms with Crippen LogP contribution in [-0.4, -0.2) is 11.4 Å². The van der Waals surface area contributed by atoms with E-state index in [2.05, 4.69) is 101 Å². The summed E-state index contributed by atoms with van der Waals surface area (Å²) < 4.78 is 0. The summed E-state index contributed by atoms with van der Waals surface area (Å²) in [6.45, 7) is 9.27. The molecule has 2 nitrogen and oxygen atoms in total. The van der Waals surface area contributed by atoms with Crippen LogP contribution < -0.4 is 0 Å². The van der Waals surface area contributed by atoms with E-state index in [1.165, 1.54) is 401 Å². The van der Waals surface area contributed by atoms with Gasteiger partial charge in [0.05, 0.1) is 22.8 Å². The van der Waals surface area contributed by atoms with Gasteiger partial charge in [-0.3, -0.25) is 9.98 Å². The van der Waals surface area contributed by atoms with Crippen LogP contribution in [0.4, 0.5) is 11.4 Å². The van der Waals surface area contributed by atoms with Gasteiger partial charge >= 0.3 is 0 Å². The number of allylic oxidation sites excluding steroid dienone is 4. The fourth-order valence-corrected chi connectivity index (χ4v) is 13.7. The van der Waals surface area contributed by atoms with E-state index >= 15 is 0 Å². The molecule has 0 radical (unpaired) electrons. The number of aryl methyl sites for hydroxylation is 2. The summed E-state index contributed by atoms with van der Waals surface area (Å²) in [5.41, 5.74) is 7.52. The second-order valence-corrected chi connectivity index (χ2v) is 28.6. The van der Waals surface area contributed by atoms with E-state index < -0.39 is 0 Å². The maximum atomic E-state index is 5.65. The number of hydrogen-bond acceptors (Lipinski definition) is 2. The first-order valence-corrected chi connectivity index (χ1v) is 41.3. The zero-order valence-corrected chi connectivity index (χ0v) is 61.5. The van der Waals surface area contributed by atoms with Crippen molar-refractivity contribution < 1.29 is 0 Å². The maximum Gasteiger partial charge on any atom is 0.0665 e. The van der Waals surface area contributed by atoms with Gasteiger partial charge in [0.25, 0.3) is 0 Å². The molecule has 0 aliphatic carbocycles. The zero-order chi connectivity index (χ0) is 64.0. The predicted molar refractivity (Wildman–Crippen MR) is 411 cm³/mol. The summed E-state index contributed by atoms with van der Waals surface area (Å²) in [4.78, 5) is 11.3. The minimum Gasteiger partial charge on any atom is -0.251 e. The van der Waals surface area contributed by atoms with Crippen molar-refractivity contribution in [2.45, 2.75) is 451 Å². The van der Waals surface area contributed by atoms with Crippen LogP contribution in [0.3, 0.4) is 0 Å². The maximum absolute atomic E-state index is 5.65. The fourth-order valence-electron chi connectivity index (χ4n) is 13.7. The molecular weight excluding hydrogens is 1080 g/mol. The number of aliphatic imine (C=N–C) groups is 2. The molecule has 90 heavy (non-hydrogen) atoms. The van der Waals surface area contributed by atoms with E-state index in [1.54, 1.807) is 0 Å². The van der Waals surface area contributed by atoms with E-state index in [0.717, 1.165) is 56.3 Å². The minimum absolute atomic E-state index is 0.991. The molecule has 0 bridgehead atoms. The number of rotatable bonds is 71. The van der Waals surface area contributed by atoms with Gasteiger partial charge in [0, 0.05) is 0 Å². The Hall–Kier alpha value is -2.74. The van der Waals surface area contributed by atoms with Crippen molar-refractivity contribution in [3.05, 3.63) is 84.0 Å². The lowest BCUT2D eigenvalue weighted by molar-refractivity contribution is 0.518. The lowest BCUT2D eigenvalue weighted by atomic mass is 10.00. The Labute approximate surface area is 565 Å². The van der Waals surface area contributed by atoms with Crippen molar-refractivity contribution in [2.75, 3.05) is 0 Å². The summed E-state index contributed by atoms with van der Waals surface area (Å²) in [5.74, 6) is 0. The molecule has 0 N–H and O–H groups in total. The molecule has 0 aliphatic rings. The third-order valence-electron chi connectivity index (χ3n) is 19.8. The smallest absolute Gasteiger partial charge is 0.0665 e. The van der Waals surface area contributed by atoms with Crippen LogP contribution in [0.5, 0.6) is 0 Å². The summed E-state index contributed by atoms with van der Waals surface area (Å²) >= 11 is 0. The number of para-hydroxylation sites is 2. The highest BCUT2D eigenvalue weighted by molar-refractivity contribution is 6.43. The van der Waals surface area contributed by atoms with E-state index in [4.69, 9.17) is 9.98 Å². The Balaban J connectivity index is 1.76. The van der Waals surface area contributed by atoms with Crippen LogP contribution in [0.2, 0.25) is 0 Å². The molecule has 0 saturated heterocycles. The normalized spacial score (nSPS) is 12.3. The molecule has 0 amide bonds. The zero-order valence-electron chi connectivity index (χ0n) is 61.5. The van der Waals surface area contributed by atoms with Gasteiger partial charge in [-0.2, -0.15) is 0 Å². The van der Waals surface area contributed by atoms with Crippen LogP contribution in [0.1, 0.15) is 450 Å². The number of benzene rings is 2. The summed E-state index contributed by atoms with van der Waals surface area (Å²) in [6.07, 6.45) is 101. The molecule has 0 unspecified atom stereocenters. The molecule has 2 aromatic rings. The molecule has 0 heterocycles. The van der Waals surface area contributed by atoms with Gasteiger partial charge in [0.2, 0.25) is 0 Å². The van der Waals surface area contributed by atoms with Crippen molar-refractivity contribution >= 4 is 22.8 Å². The first-order chi connectivity index (χ1) is 44.7. The third kappa shape index (κ3) is 54.6. The van der Waals surface area contributed by atoms with Crippen molar-refractivity contribution in [1.29, 1.82) is 0 Å². The van der Waals surface area contributed by atoms with Gasteiger partial charge < -0.3 is 0 Å². The molecule has 0 aromatic heterocycles. The quantitative estimate of drug-likeness (QED) is 0.0358. The van der Waals surface area contributed by atoms with Gasteiger partial charge in [-0.15, -0.1) is 0 Å². The van der Waals surface area contributed by atoms with Gasteiger partial charge in [-0.25, -0.2) is 0 Å². The van der Waals surface area contributed by atoms with Crippen LogP contribution in [-0.2, 0) is 12.8 Å². The van der Waals surface area contributed by atoms with E-state index in [9.17, 15) is 0 Å². The summed E-state index contributed by atoms with van der Waals surface area (Å²) in [7, 11) is 0. The highest BCUT2D eigenvalue weighted by Gasteiger charge is 2.14. The Kier molecular flexibility index (Phi) is 64.0. The molecule has 0 atom stereocenters. The monoisotopic (exact) mass is 1240 g/mol. The summed E-state index contributed by atoms with van der Waals surface area (Å²) in [5, 5.41) is 0. The van der Waals surface area contributed by atoms with Gasteiger partial charge in [-0.1, -0.05) is 435 Å². The van der Waals surface area contributed by atoms with Crippen LogP contribution in [0.15, 0.2) is 82.8 Å². The van der Waals surface area contributed by atoms with Crippen LogP contribution in [0, 0.1) is 0 Å². The van der Waals surface area contributed by atoms with Crippen molar-refractivity contribution in [1.82, 2.24) is 0 Å². The highest BCUT2D eigenvalue weighted by Crippen LogP contribution is 2.27. The Morgan fingerprint density at radius 2 is 0.422 bits per heavy atom. The Morgan fingerprint density at radius 3 is 0.678 bits per heavy atom. The lowest BCUT2D eigenvalue weighted by Crippen LogP contribution is -2.15. The number of nitrogens with zero attached hydrogens (tertiary/aromatic N) is 2. The van der Waals surface area contributed by atoms with Gasteiger partial charge in [0.15, 0.2) is 0 Å².